The van der Waals surface area contributed by atoms with Gasteiger partial charge in [0.2, 0.25) is 5.88 Å². The average Bonchev–Trinajstić information content (AvgIpc) is 2.28. The number of hydrogen-bond donors (Lipinski definition) is 0. The van der Waals surface area contributed by atoms with Crippen molar-refractivity contribution in [1.29, 1.82) is 0 Å². The van der Waals surface area contributed by atoms with Crippen molar-refractivity contribution in [3.63, 3.8) is 0 Å². The van der Waals surface area contributed by atoms with Crippen molar-refractivity contribution in [2.75, 3.05) is 7.11 Å². The lowest BCUT2D eigenvalue weighted by Gasteiger charge is -2.15. The molecule has 2 atom stereocenters. The van der Waals surface area contributed by atoms with E-state index in [1.165, 1.54) is 6.33 Å². The van der Waals surface area contributed by atoms with E-state index in [9.17, 15) is 0 Å². The van der Waals surface area contributed by atoms with Crippen molar-refractivity contribution >= 4 is 11.6 Å². The number of ether oxygens (including phenoxy) is 1. The molecule has 1 aromatic rings. The summed E-state index contributed by atoms with van der Waals surface area (Å²) in [4.78, 5) is 8.12. The summed E-state index contributed by atoms with van der Waals surface area (Å²) in [5.74, 6) is 1.08. The van der Waals surface area contributed by atoms with Gasteiger partial charge in [0.05, 0.1) is 7.11 Å². The van der Waals surface area contributed by atoms with Gasteiger partial charge in [0, 0.05) is 23.6 Å². The van der Waals surface area contributed by atoms with Crippen molar-refractivity contribution in [2.45, 2.75) is 32.1 Å². The van der Waals surface area contributed by atoms with Crippen molar-refractivity contribution in [1.82, 2.24) is 9.97 Å². The molecule has 0 saturated heterocycles. The number of alkyl halides is 1. The summed E-state index contributed by atoms with van der Waals surface area (Å²) < 4.78 is 5.03. The molecule has 1 heterocycles. The van der Waals surface area contributed by atoms with E-state index in [4.69, 9.17) is 16.3 Å². The Balaban J connectivity index is 2.63. The minimum atomic E-state index is 0.120. The molecule has 0 spiro atoms. The topological polar surface area (TPSA) is 35.0 Å². The maximum absolute atomic E-state index is 6.26. The number of rotatable bonds is 5. The lowest BCUT2D eigenvalue weighted by atomic mass is 10.0. The minimum absolute atomic E-state index is 0.120. The maximum Gasteiger partial charge on any atom is 0.216 e. The molecule has 4 heteroatoms. The molecule has 2 unspecified atom stereocenters. The highest BCUT2D eigenvalue weighted by atomic mass is 35.5. The molecule has 0 bridgehead atoms. The molecular weight excluding hydrogens is 212 g/mol. The molecule has 0 aliphatic rings. The first-order valence-electron chi connectivity index (χ1n) is 5.16. The molecule has 0 saturated carbocycles. The second kappa shape index (κ2) is 5.91. The number of hydrogen-bond acceptors (Lipinski definition) is 3. The number of halogens is 1. The molecule has 0 amide bonds. The summed E-state index contributed by atoms with van der Waals surface area (Å²) in [7, 11) is 1.60. The number of methoxy groups -OCH3 is 1. The average molecular weight is 229 g/mol. The van der Waals surface area contributed by atoms with Crippen LogP contribution in [0.1, 0.15) is 26.0 Å². The van der Waals surface area contributed by atoms with E-state index in [1.807, 2.05) is 6.07 Å². The normalized spacial score (nSPS) is 14.7. The molecule has 0 aromatic carbocycles. The summed E-state index contributed by atoms with van der Waals surface area (Å²) in [6.45, 7) is 4.29. The van der Waals surface area contributed by atoms with Crippen LogP contribution in [-0.2, 0) is 6.42 Å². The molecule has 0 aliphatic carbocycles. The Morgan fingerprint density at radius 1 is 1.47 bits per heavy atom. The van der Waals surface area contributed by atoms with E-state index >= 15 is 0 Å². The highest BCUT2D eigenvalue weighted by Gasteiger charge is 2.14. The van der Waals surface area contributed by atoms with Crippen molar-refractivity contribution in [2.24, 2.45) is 5.92 Å². The SMILES string of the molecule is CCC(C)C(Cl)Cc1cc(OC)ncn1. The van der Waals surface area contributed by atoms with Gasteiger partial charge in [0.15, 0.2) is 0 Å². The van der Waals surface area contributed by atoms with Crippen LogP contribution in [0.15, 0.2) is 12.4 Å². The first-order chi connectivity index (χ1) is 7.17. The zero-order valence-electron chi connectivity index (χ0n) is 9.40. The Hall–Kier alpha value is -0.830. The Morgan fingerprint density at radius 2 is 2.20 bits per heavy atom. The molecular formula is C11H17ClN2O. The summed E-state index contributed by atoms with van der Waals surface area (Å²) >= 11 is 6.26. The second-order valence-electron chi connectivity index (χ2n) is 3.66. The molecule has 0 N–H and O–H groups in total. The third-order valence-corrected chi connectivity index (χ3v) is 3.16. The summed E-state index contributed by atoms with van der Waals surface area (Å²) in [6.07, 6.45) is 3.35. The zero-order chi connectivity index (χ0) is 11.3. The Labute approximate surface area is 95.8 Å². The fourth-order valence-electron chi connectivity index (χ4n) is 1.26. The van der Waals surface area contributed by atoms with Crippen LogP contribution in [0.3, 0.4) is 0 Å². The van der Waals surface area contributed by atoms with Crippen molar-refractivity contribution < 1.29 is 4.74 Å². The van der Waals surface area contributed by atoms with Crippen LogP contribution in [0.5, 0.6) is 5.88 Å². The lowest BCUT2D eigenvalue weighted by molar-refractivity contribution is 0.395. The third kappa shape index (κ3) is 3.67. The molecule has 0 aliphatic heterocycles. The van der Waals surface area contributed by atoms with Crippen LogP contribution in [0.25, 0.3) is 0 Å². The molecule has 15 heavy (non-hydrogen) atoms. The number of aromatic nitrogens is 2. The Morgan fingerprint density at radius 3 is 2.80 bits per heavy atom. The maximum atomic E-state index is 6.26. The van der Waals surface area contributed by atoms with E-state index in [0.717, 1.165) is 18.5 Å². The van der Waals surface area contributed by atoms with E-state index in [2.05, 4.69) is 23.8 Å². The van der Waals surface area contributed by atoms with Crippen molar-refractivity contribution in [3.8, 4) is 5.88 Å². The van der Waals surface area contributed by atoms with E-state index in [0.29, 0.717) is 11.8 Å². The quantitative estimate of drug-likeness (QED) is 0.727. The van der Waals surface area contributed by atoms with Gasteiger partial charge in [-0.3, -0.25) is 0 Å². The standard InChI is InChI=1S/C11H17ClN2O/c1-4-8(2)10(12)5-9-6-11(15-3)14-7-13-9/h6-8,10H,4-5H2,1-3H3. The summed E-state index contributed by atoms with van der Waals surface area (Å²) in [6, 6.07) is 1.83. The third-order valence-electron chi connectivity index (χ3n) is 2.57. The van der Waals surface area contributed by atoms with Gasteiger partial charge < -0.3 is 4.74 Å². The monoisotopic (exact) mass is 228 g/mol. The van der Waals surface area contributed by atoms with Gasteiger partial charge in [-0.1, -0.05) is 20.3 Å². The van der Waals surface area contributed by atoms with Gasteiger partial charge in [-0.05, 0) is 5.92 Å². The van der Waals surface area contributed by atoms with Crippen LogP contribution in [-0.4, -0.2) is 22.5 Å². The molecule has 84 valence electrons. The predicted molar refractivity (Wildman–Crippen MR) is 61.4 cm³/mol. The minimum Gasteiger partial charge on any atom is -0.481 e. The van der Waals surface area contributed by atoms with Gasteiger partial charge in [0.25, 0.3) is 0 Å². The van der Waals surface area contributed by atoms with Gasteiger partial charge in [0.1, 0.15) is 6.33 Å². The number of nitrogens with zero attached hydrogens (tertiary/aromatic N) is 2. The van der Waals surface area contributed by atoms with E-state index < -0.39 is 0 Å². The van der Waals surface area contributed by atoms with Crippen LogP contribution >= 0.6 is 11.6 Å². The highest BCUT2D eigenvalue weighted by Crippen LogP contribution is 2.19. The molecule has 0 radical (unpaired) electrons. The largest absolute Gasteiger partial charge is 0.481 e. The van der Waals surface area contributed by atoms with Crippen LogP contribution in [0, 0.1) is 5.92 Å². The molecule has 1 aromatic heterocycles. The van der Waals surface area contributed by atoms with Crippen molar-refractivity contribution in [3.05, 3.63) is 18.1 Å². The Bertz CT molecular complexity index is 306. The van der Waals surface area contributed by atoms with E-state index in [1.54, 1.807) is 7.11 Å². The smallest absolute Gasteiger partial charge is 0.216 e. The zero-order valence-corrected chi connectivity index (χ0v) is 10.2. The van der Waals surface area contributed by atoms with Gasteiger partial charge in [-0.25, -0.2) is 9.97 Å². The lowest BCUT2D eigenvalue weighted by Crippen LogP contribution is -2.14. The van der Waals surface area contributed by atoms with Gasteiger partial charge >= 0.3 is 0 Å². The molecule has 3 nitrogen and oxygen atoms in total. The fourth-order valence-corrected chi connectivity index (χ4v) is 1.59. The first kappa shape index (κ1) is 12.2. The fraction of sp³-hybridized carbons (Fsp3) is 0.636. The van der Waals surface area contributed by atoms with Crippen LogP contribution in [0.2, 0.25) is 0 Å². The molecule has 1 rings (SSSR count). The summed E-state index contributed by atoms with van der Waals surface area (Å²) in [5.41, 5.74) is 0.933. The Kier molecular flexibility index (Phi) is 4.82. The van der Waals surface area contributed by atoms with Crippen LogP contribution < -0.4 is 4.74 Å². The predicted octanol–water partition coefficient (Wildman–Crippen LogP) is 2.68. The highest BCUT2D eigenvalue weighted by molar-refractivity contribution is 6.20. The van der Waals surface area contributed by atoms with Gasteiger partial charge in [-0.2, -0.15) is 0 Å². The molecule has 0 fully saturated rings. The van der Waals surface area contributed by atoms with Gasteiger partial charge in [-0.15, -0.1) is 11.6 Å². The van der Waals surface area contributed by atoms with E-state index in [-0.39, 0.29) is 5.38 Å². The second-order valence-corrected chi connectivity index (χ2v) is 4.22. The van der Waals surface area contributed by atoms with Crippen LogP contribution in [0.4, 0.5) is 0 Å². The summed E-state index contributed by atoms with van der Waals surface area (Å²) in [5, 5.41) is 0.120. The first-order valence-corrected chi connectivity index (χ1v) is 5.60.